The highest BCUT2D eigenvalue weighted by molar-refractivity contribution is 6.31. The molecule has 0 unspecified atom stereocenters. The van der Waals surface area contributed by atoms with E-state index in [1.807, 2.05) is 23.1 Å². The summed E-state index contributed by atoms with van der Waals surface area (Å²) in [5.41, 5.74) is 4.94. The molecule has 3 aromatic rings. The zero-order valence-corrected chi connectivity index (χ0v) is 18.0. The van der Waals surface area contributed by atoms with Gasteiger partial charge in [-0.3, -0.25) is 4.79 Å². The topological polar surface area (TPSA) is 39.3 Å². The summed E-state index contributed by atoms with van der Waals surface area (Å²) in [6, 6.07) is 14.4. The van der Waals surface area contributed by atoms with Crippen LogP contribution in [-0.4, -0.2) is 42.0 Å². The number of carbonyl (C=O) groups is 1. The van der Waals surface area contributed by atoms with Gasteiger partial charge < -0.3 is 14.8 Å². The Morgan fingerprint density at radius 3 is 2.80 bits per heavy atom. The van der Waals surface area contributed by atoms with Crippen molar-refractivity contribution in [1.82, 2.24) is 9.88 Å². The number of aromatic amines is 1. The third-order valence-corrected chi connectivity index (χ3v) is 6.99. The van der Waals surface area contributed by atoms with Crippen molar-refractivity contribution in [1.29, 1.82) is 0 Å². The van der Waals surface area contributed by atoms with Gasteiger partial charge in [0.1, 0.15) is 0 Å². The average Bonchev–Trinajstić information content (AvgIpc) is 3.20. The highest BCUT2D eigenvalue weighted by Crippen LogP contribution is 2.34. The van der Waals surface area contributed by atoms with E-state index in [4.69, 9.17) is 11.6 Å². The van der Waals surface area contributed by atoms with Crippen molar-refractivity contribution >= 4 is 34.1 Å². The molecule has 5 rings (SSSR count). The highest BCUT2D eigenvalue weighted by Gasteiger charge is 2.25. The largest absolute Gasteiger partial charge is 0.361 e. The van der Waals surface area contributed by atoms with Crippen molar-refractivity contribution in [2.45, 2.75) is 38.0 Å². The maximum absolute atomic E-state index is 12.9. The average molecular weight is 422 g/mol. The van der Waals surface area contributed by atoms with Gasteiger partial charge in [0, 0.05) is 47.3 Å². The van der Waals surface area contributed by atoms with Crippen LogP contribution in [0.5, 0.6) is 0 Å². The van der Waals surface area contributed by atoms with E-state index in [1.54, 1.807) is 0 Å². The van der Waals surface area contributed by atoms with Crippen LogP contribution in [0.25, 0.3) is 10.9 Å². The summed E-state index contributed by atoms with van der Waals surface area (Å²) < 4.78 is 0. The fraction of sp³-hybridized carbons (Fsp3) is 0.400. The fourth-order valence-corrected chi connectivity index (χ4v) is 5.28. The van der Waals surface area contributed by atoms with Gasteiger partial charge in [-0.1, -0.05) is 35.9 Å². The molecule has 2 aromatic carbocycles. The van der Waals surface area contributed by atoms with Gasteiger partial charge in [-0.05, 0) is 74.0 Å². The van der Waals surface area contributed by atoms with Crippen LogP contribution in [-0.2, 0) is 11.2 Å². The summed E-state index contributed by atoms with van der Waals surface area (Å²) in [7, 11) is 0. The number of fused-ring (bicyclic) bond motifs is 2. The van der Waals surface area contributed by atoms with E-state index in [0.29, 0.717) is 12.3 Å². The number of carbonyl (C=O) groups excluding carboxylic acids is 1. The van der Waals surface area contributed by atoms with Crippen molar-refractivity contribution in [2.24, 2.45) is 0 Å². The maximum atomic E-state index is 12.9. The van der Waals surface area contributed by atoms with E-state index in [1.165, 1.54) is 16.5 Å². The molecule has 3 heterocycles. The van der Waals surface area contributed by atoms with Crippen LogP contribution in [0.2, 0.25) is 5.02 Å². The molecule has 156 valence electrons. The molecule has 0 saturated carbocycles. The number of hydrogen-bond donors (Lipinski definition) is 1. The summed E-state index contributed by atoms with van der Waals surface area (Å²) in [6.07, 6.45) is 7.16. The molecule has 1 saturated heterocycles. The second-order valence-electron chi connectivity index (χ2n) is 8.58. The van der Waals surface area contributed by atoms with Gasteiger partial charge in [-0.25, -0.2) is 0 Å². The highest BCUT2D eigenvalue weighted by atomic mass is 35.5. The van der Waals surface area contributed by atoms with Crippen LogP contribution in [0.4, 0.5) is 5.69 Å². The van der Waals surface area contributed by atoms with Crippen molar-refractivity contribution < 1.29 is 4.79 Å². The Hall–Kier alpha value is -2.30. The van der Waals surface area contributed by atoms with Gasteiger partial charge in [0.25, 0.3) is 0 Å². The van der Waals surface area contributed by atoms with Crippen molar-refractivity contribution in [3.63, 3.8) is 0 Å². The maximum Gasteiger partial charge on any atom is 0.228 e. The molecule has 0 radical (unpaired) electrons. The number of likely N-dealkylation sites (tertiary alicyclic amines) is 1. The zero-order valence-electron chi connectivity index (χ0n) is 17.2. The molecule has 1 amide bonds. The molecule has 4 nitrogen and oxygen atoms in total. The lowest BCUT2D eigenvalue weighted by atomic mass is 9.89. The minimum Gasteiger partial charge on any atom is -0.361 e. The number of amides is 1. The normalized spacial score (nSPS) is 18.0. The van der Waals surface area contributed by atoms with E-state index < -0.39 is 0 Å². The second kappa shape index (κ2) is 8.44. The number of para-hydroxylation sites is 1. The Kier molecular flexibility index (Phi) is 5.53. The third-order valence-electron chi connectivity index (χ3n) is 6.76. The van der Waals surface area contributed by atoms with Crippen molar-refractivity contribution in [3.8, 4) is 0 Å². The lowest BCUT2D eigenvalue weighted by Crippen LogP contribution is -2.39. The van der Waals surface area contributed by atoms with Gasteiger partial charge in [0.05, 0.1) is 0 Å². The predicted octanol–water partition coefficient (Wildman–Crippen LogP) is 5.37. The molecule has 2 aliphatic heterocycles. The van der Waals surface area contributed by atoms with Gasteiger partial charge in [0.2, 0.25) is 5.91 Å². The van der Waals surface area contributed by atoms with Gasteiger partial charge >= 0.3 is 0 Å². The Morgan fingerprint density at radius 1 is 1.10 bits per heavy atom. The molecule has 1 fully saturated rings. The molecule has 0 bridgehead atoms. The molecule has 30 heavy (non-hydrogen) atoms. The van der Waals surface area contributed by atoms with E-state index in [-0.39, 0.29) is 5.91 Å². The number of nitrogens with one attached hydrogen (secondary N) is 1. The Bertz CT molecular complexity index is 1050. The Morgan fingerprint density at radius 2 is 1.93 bits per heavy atom. The summed E-state index contributed by atoms with van der Waals surface area (Å²) >= 11 is 6.12. The van der Waals surface area contributed by atoms with E-state index in [0.717, 1.165) is 68.1 Å². The SMILES string of the molecule is O=C(CCN1CCC(c2c[nH]c3cc(Cl)ccc23)CC1)N1CCCc2ccccc21. The van der Waals surface area contributed by atoms with Gasteiger partial charge in [0.15, 0.2) is 0 Å². The molecule has 0 spiro atoms. The number of rotatable bonds is 4. The van der Waals surface area contributed by atoms with Crippen LogP contribution in [0, 0.1) is 0 Å². The molecule has 1 aromatic heterocycles. The lowest BCUT2D eigenvalue weighted by molar-refractivity contribution is -0.119. The summed E-state index contributed by atoms with van der Waals surface area (Å²) in [5.74, 6) is 0.832. The van der Waals surface area contributed by atoms with Gasteiger partial charge in [-0.2, -0.15) is 0 Å². The number of aryl methyl sites for hydroxylation is 1. The lowest BCUT2D eigenvalue weighted by Gasteiger charge is -2.33. The van der Waals surface area contributed by atoms with Crippen LogP contribution >= 0.6 is 11.6 Å². The first-order chi connectivity index (χ1) is 14.7. The molecular formula is C25H28ClN3O. The molecule has 1 N–H and O–H groups in total. The van der Waals surface area contributed by atoms with Gasteiger partial charge in [-0.15, -0.1) is 0 Å². The number of aromatic nitrogens is 1. The molecular weight excluding hydrogens is 394 g/mol. The zero-order chi connectivity index (χ0) is 20.5. The monoisotopic (exact) mass is 421 g/mol. The predicted molar refractivity (Wildman–Crippen MR) is 123 cm³/mol. The number of piperidine rings is 1. The van der Waals surface area contributed by atoms with E-state index >= 15 is 0 Å². The third kappa shape index (κ3) is 3.86. The number of benzene rings is 2. The Labute approximate surface area is 182 Å². The van der Waals surface area contributed by atoms with Crippen LogP contribution in [0.15, 0.2) is 48.7 Å². The Balaban J connectivity index is 1.17. The molecule has 2 aliphatic rings. The van der Waals surface area contributed by atoms with E-state index in [2.05, 4.69) is 40.3 Å². The summed E-state index contributed by atoms with van der Waals surface area (Å²) in [6.45, 7) is 3.81. The van der Waals surface area contributed by atoms with Crippen LogP contribution < -0.4 is 4.90 Å². The number of hydrogen-bond acceptors (Lipinski definition) is 2. The minimum atomic E-state index is 0.262. The number of nitrogens with zero attached hydrogens (tertiary/aromatic N) is 2. The number of H-pyrrole nitrogens is 1. The van der Waals surface area contributed by atoms with E-state index in [9.17, 15) is 4.79 Å². The molecule has 5 heteroatoms. The summed E-state index contributed by atoms with van der Waals surface area (Å²) in [4.78, 5) is 20.7. The molecule has 0 atom stereocenters. The first-order valence-electron chi connectivity index (χ1n) is 11.1. The first-order valence-corrected chi connectivity index (χ1v) is 11.4. The fourth-order valence-electron chi connectivity index (χ4n) is 5.11. The first kappa shape index (κ1) is 19.7. The second-order valence-corrected chi connectivity index (χ2v) is 9.01. The van der Waals surface area contributed by atoms with Crippen LogP contribution in [0.1, 0.15) is 42.7 Å². The standard InChI is InChI=1S/C25H28ClN3O/c26-20-7-8-21-22(17-27-23(21)16-20)18-9-13-28(14-10-18)15-11-25(30)29-12-3-5-19-4-1-2-6-24(19)29/h1-2,4,6-8,16-18,27H,3,5,9-15H2. The van der Waals surface area contributed by atoms with Crippen molar-refractivity contribution in [2.75, 3.05) is 31.1 Å². The quantitative estimate of drug-likeness (QED) is 0.615. The van der Waals surface area contributed by atoms with Crippen LogP contribution in [0.3, 0.4) is 0 Å². The number of halogens is 1. The summed E-state index contributed by atoms with van der Waals surface area (Å²) in [5, 5.41) is 2.06. The molecule has 0 aliphatic carbocycles. The van der Waals surface area contributed by atoms with Crippen molar-refractivity contribution in [3.05, 3.63) is 64.8 Å². The minimum absolute atomic E-state index is 0.262. The number of anilines is 1. The smallest absolute Gasteiger partial charge is 0.228 e.